The lowest BCUT2D eigenvalue weighted by Gasteiger charge is -2.30. The highest BCUT2D eigenvalue weighted by Crippen LogP contribution is 2.23. The maximum Gasteiger partial charge on any atom is 0.140 e. The molecule has 0 aliphatic carbocycles. The van der Waals surface area contributed by atoms with Gasteiger partial charge in [0, 0.05) is 6.20 Å². The van der Waals surface area contributed by atoms with Gasteiger partial charge in [0.2, 0.25) is 0 Å². The number of nitrogens with one attached hydrogen (secondary N) is 1. The number of aliphatic hydroxyl groups is 1. The number of anilines is 1. The van der Waals surface area contributed by atoms with E-state index in [1.54, 1.807) is 13.1 Å². The molecule has 0 amide bonds. The van der Waals surface area contributed by atoms with E-state index < -0.39 is 11.6 Å². The summed E-state index contributed by atoms with van der Waals surface area (Å²) in [5, 5.41) is 12.7. The molecule has 2 N–H and O–H groups in total. The zero-order valence-electron chi connectivity index (χ0n) is 8.58. The number of hydrogen-bond acceptors (Lipinski definition) is 3. The molecule has 0 bridgehead atoms. The average Bonchev–Trinajstić information content (AvgIpc) is 2.08. The second-order valence-corrected chi connectivity index (χ2v) is 4.71. The summed E-state index contributed by atoms with van der Waals surface area (Å²) < 4.78 is 0.897. The molecule has 14 heavy (non-hydrogen) atoms. The Balaban J connectivity index is 2.84. The van der Waals surface area contributed by atoms with Crippen LogP contribution in [0.2, 0.25) is 0 Å². The molecule has 1 heterocycles. The molecule has 4 heteroatoms. The van der Waals surface area contributed by atoms with E-state index in [1.807, 2.05) is 26.0 Å². The smallest absolute Gasteiger partial charge is 0.140 e. The van der Waals surface area contributed by atoms with Crippen molar-refractivity contribution >= 4 is 21.7 Å². The first kappa shape index (κ1) is 11.5. The Morgan fingerprint density at radius 3 is 2.71 bits per heavy atom. The topological polar surface area (TPSA) is 45.1 Å². The predicted molar refractivity (Wildman–Crippen MR) is 61.3 cm³/mol. The van der Waals surface area contributed by atoms with Gasteiger partial charge in [0.05, 0.1) is 16.1 Å². The molecule has 0 aliphatic heterocycles. The summed E-state index contributed by atoms with van der Waals surface area (Å²) in [4.78, 5) is 4.18. The lowest BCUT2D eigenvalue weighted by Crippen LogP contribution is -2.42. The highest BCUT2D eigenvalue weighted by Gasteiger charge is 2.24. The first-order valence-corrected chi connectivity index (χ1v) is 5.29. The van der Waals surface area contributed by atoms with Crippen LogP contribution in [-0.2, 0) is 0 Å². The summed E-state index contributed by atoms with van der Waals surface area (Å²) in [5.41, 5.74) is -0.392. The Morgan fingerprint density at radius 2 is 2.21 bits per heavy atom. The zero-order valence-corrected chi connectivity index (χ0v) is 10.2. The maximum atomic E-state index is 9.53. The number of pyridine rings is 1. The lowest BCUT2D eigenvalue weighted by molar-refractivity contribution is 0.133. The molecule has 0 fully saturated rings. The van der Waals surface area contributed by atoms with Crippen molar-refractivity contribution in [3.63, 3.8) is 0 Å². The first-order valence-electron chi connectivity index (χ1n) is 4.50. The van der Waals surface area contributed by atoms with Crippen LogP contribution in [0.25, 0.3) is 0 Å². The number of hydrogen-bond donors (Lipinski definition) is 2. The van der Waals surface area contributed by atoms with E-state index in [0.29, 0.717) is 0 Å². The van der Waals surface area contributed by atoms with Crippen molar-refractivity contribution in [3.05, 3.63) is 22.8 Å². The van der Waals surface area contributed by atoms with Crippen LogP contribution < -0.4 is 5.32 Å². The molecule has 3 nitrogen and oxygen atoms in total. The van der Waals surface area contributed by atoms with Gasteiger partial charge < -0.3 is 10.4 Å². The van der Waals surface area contributed by atoms with E-state index >= 15 is 0 Å². The second-order valence-electron chi connectivity index (χ2n) is 3.86. The summed E-state index contributed by atoms with van der Waals surface area (Å²) >= 11 is 3.39. The van der Waals surface area contributed by atoms with Crippen molar-refractivity contribution in [2.75, 3.05) is 5.32 Å². The number of rotatable bonds is 3. The lowest BCUT2D eigenvalue weighted by atomic mass is 9.99. The average molecular weight is 259 g/mol. The van der Waals surface area contributed by atoms with Crippen LogP contribution in [0.15, 0.2) is 22.8 Å². The summed E-state index contributed by atoms with van der Waals surface area (Å²) in [6, 6.07) is 3.76. The molecule has 0 radical (unpaired) electrons. The van der Waals surface area contributed by atoms with E-state index in [0.717, 1.165) is 10.3 Å². The summed E-state index contributed by atoms with van der Waals surface area (Å²) in [6.45, 7) is 5.61. The number of nitrogens with zero attached hydrogens (tertiary/aromatic N) is 1. The van der Waals surface area contributed by atoms with Crippen LogP contribution in [0.5, 0.6) is 0 Å². The number of aliphatic hydroxyl groups excluding tert-OH is 1. The first-order chi connectivity index (χ1) is 6.43. The number of halogens is 1. The van der Waals surface area contributed by atoms with Gasteiger partial charge in [0.25, 0.3) is 0 Å². The fourth-order valence-corrected chi connectivity index (χ4v) is 1.24. The molecule has 0 aliphatic rings. The molecule has 0 saturated heterocycles. The molecule has 1 rings (SSSR count). The van der Waals surface area contributed by atoms with E-state index in [2.05, 4.69) is 26.2 Å². The highest BCUT2D eigenvalue weighted by molar-refractivity contribution is 9.10. The summed E-state index contributed by atoms with van der Waals surface area (Å²) in [7, 11) is 0. The zero-order chi connectivity index (χ0) is 10.8. The Bertz CT molecular complexity index is 313. The quantitative estimate of drug-likeness (QED) is 0.876. The van der Waals surface area contributed by atoms with Crippen molar-refractivity contribution in [2.24, 2.45) is 0 Å². The van der Waals surface area contributed by atoms with Gasteiger partial charge in [-0.05, 0) is 48.8 Å². The Kier molecular flexibility index (Phi) is 3.50. The molecule has 0 spiro atoms. The van der Waals surface area contributed by atoms with Crippen LogP contribution >= 0.6 is 15.9 Å². The fraction of sp³-hybridized carbons (Fsp3) is 0.500. The highest BCUT2D eigenvalue weighted by atomic mass is 79.9. The molecule has 1 atom stereocenters. The van der Waals surface area contributed by atoms with Crippen molar-refractivity contribution in [1.29, 1.82) is 0 Å². The monoisotopic (exact) mass is 258 g/mol. The van der Waals surface area contributed by atoms with Crippen LogP contribution in [0.4, 0.5) is 5.82 Å². The van der Waals surface area contributed by atoms with E-state index in [4.69, 9.17) is 0 Å². The molecular weight excluding hydrogens is 244 g/mol. The standard InChI is InChI=1S/C10H15BrN2O/c1-7(14)10(2,3)13-9-8(11)5-4-6-12-9/h4-7,14H,1-3H3,(H,12,13). The molecule has 0 aromatic carbocycles. The van der Waals surface area contributed by atoms with Crippen molar-refractivity contribution in [1.82, 2.24) is 4.98 Å². The summed E-state index contributed by atoms with van der Waals surface area (Å²) in [6.07, 6.45) is 1.27. The van der Waals surface area contributed by atoms with Gasteiger partial charge in [-0.1, -0.05) is 0 Å². The Labute approximate surface area is 92.7 Å². The Morgan fingerprint density at radius 1 is 1.57 bits per heavy atom. The fourth-order valence-electron chi connectivity index (χ4n) is 0.887. The van der Waals surface area contributed by atoms with E-state index in [1.165, 1.54) is 0 Å². The SMILES string of the molecule is CC(O)C(C)(C)Nc1ncccc1Br. The molecule has 1 aromatic rings. The Hall–Kier alpha value is -0.610. The van der Waals surface area contributed by atoms with Gasteiger partial charge in [0.1, 0.15) is 5.82 Å². The van der Waals surface area contributed by atoms with Crippen LogP contribution in [0, 0.1) is 0 Å². The van der Waals surface area contributed by atoms with Gasteiger partial charge in [-0.3, -0.25) is 0 Å². The van der Waals surface area contributed by atoms with Gasteiger partial charge in [-0.25, -0.2) is 4.98 Å². The minimum absolute atomic E-state index is 0.392. The largest absolute Gasteiger partial charge is 0.391 e. The van der Waals surface area contributed by atoms with Crippen molar-refractivity contribution < 1.29 is 5.11 Å². The molecular formula is C10H15BrN2O. The van der Waals surface area contributed by atoms with Crippen molar-refractivity contribution in [3.8, 4) is 0 Å². The predicted octanol–water partition coefficient (Wildman–Crippen LogP) is 2.42. The number of aromatic nitrogens is 1. The van der Waals surface area contributed by atoms with Gasteiger partial charge in [-0.2, -0.15) is 0 Å². The maximum absolute atomic E-state index is 9.53. The van der Waals surface area contributed by atoms with E-state index in [9.17, 15) is 5.11 Å². The van der Waals surface area contributed by atoms with E-state index in [-0.39, 0.29) is 0 Å². The third kappa shape index (κ3) is 2.69. The molecule has 0 saturated carbocycles. The molecule has 1 unspecified atom stereocenters. The molecule has 78 valence electrons. The van der Waals surface area contributed by atoms with Crippen LogP contribution in [0.3, 0.4) is 0 Å². The second kappa shape index (κ2) is 4.28. The van der Waals surface area contributed by atoms with Gasteiger partial charge in [-0.15, -0.1) is 0 Å². The van der Waals surface area contributed by atoms with Crippen LogP contribution in [0.1, 0.15) is 20.8 Å². The van der Waals surface area contributed by atoms with Gasteiger partial charge in [0.15, 0.2) is 0 Å². The minimum Gasteiger partial charge on any atom is -0.391 e. The summed E-state index contributed by atoms with van der Waals surface area (Å²) in [5.74, 6) is 0.749. The van der Waals surface area contributed by atoms with Crippen molar-refractivity contribution in [2.45, 2.75) is 32.4 Å². The molecule has 1 aromatic heterocycles. The van der Waals surface area contributed by atoms with Gasteiger partial charge >= 0.3 is 0 Å². The minimum atomic E-state index is -0.448. The normalized spacial score (nSPS) is 13.8. The van der Waals surface area contributed by atoms with Crippen LogP contribution in [-0.4, -0.2) is 21.7 Å². The third-order valence-electron chi connectivity index (χ3n) is 2.24. The third-order valence-corrected chi connectivity index (χ3v) is 2.88.